The lowest BCUT2D eigenvalue weighted by Crippen LogP contribution is -2.53. The van der Waals surface area contributed by atoms with Gasteiger partial charge in [0.25, 0.3) is 10.0 Å². The molecule has 1 aliphatic rings. The molecule has 0 radical (unpaired) electrons. The van der Waals surface area contributed by atoms with E-state index in [0.29, 0.717) is 12.1 Å². The van der Waals surface area contributed by atoms with Crippen LogP contribution in [0.3, 0.4) is 0 Å². The molecule has 3 aromatic carbocycles. The Morgan fingerprint density at radius 3 is 2.17 bits per heavy atom. The van der Waals surface area contributed by atoms with Crippen LogP contribution in [0, 0.1) is 20.8 Å². The molecule has 7 nitrogen and oxygen atoms in total. The number of nitrogens with zero attached hydrogens (tertiary/aromatic N) is 2. The van der Waals surface area contributed by atoms with Crippen LogP contribution in [0.25, 0.3) is 0 Å². The predicted octanol–water partition coefficient (Wildman–Crippen LogP) is 5.67. The molecule has 1 atom stereocenters. The van der Waals surface area contributed by atoms with E-state index in [4.69, 9.17) is 0 Å². The van der Waals surface area contributed by atoms with E-state index in [2.05, 4.69) is 5.32 Å². The van der Waals surface area contributed by atoms with E-state index in [1.807, 2.05) is 64.1 Å². The van der Waals surface area contributed by atoms with E-state index < -0.39 is 28.5 Å². The molecule has 0 spiro atoms. The summed E-state index contributed by atoms with van der Waals surface area (Å²) in [4.78, 5) is 29.4. The van der Waals surface area contributed by atoms with Crippen LogP contribution in [0.1, 0.15) is 61.3 Å². The van der Waals surface area contributed by atoms with Crippen molar-refractivity contribution in [1.82, 2.24) is 10.2 Å². The number of aryl methyl sites for hydroxylation is 3. The Balaban J connectivity index is 1.72. The number of rotatable bonds is 11. The molecule has 1 N–H and O–H groups in total. The van der Waals surface area contributed by atoms with Crippen LogP contribution in [0.15, 0.2) is 77.7 Å². The number of carbonyl (C=O) groups is 2. The highest BCUT2D eigenvalue weighted by Gasteiger charge is 2.34. The minimum Gasteiger partial charge on any atom is -0.352 e. The van der Waals surface area contributed by atoms with Crippen molar-refractivity contribution in [2.75, 3.05) is 10.8 Å². The minimum atomic E-state index is -4.09. The first kappa shape index (κ1) is 30.3. The largest absolute Gasteiger partial charge is 0.352 e. The number of nitrogens with one attached hydrogen (secondary N) is 1. The lowest BCUT2D eigenvalue weighted by molar-refractivity contribution is -0.140. The normalized spacial score (nSPS) is 14.4. The Bertz CT molecular complexity index is 1450. The summed E-state index contributed by atoms with van der Waals surface area (Å²) in [6, 6.07) is 20.9. The van der Waals surface area contributed by atoms with Gasteiger partial charge in [-0.1, -0.05) is 73.9 Å². The summed E-state index contributed by atoms with van der Waals surface area (Å²) in [7, 11) is -4.09. The molecule has 2 amide bonds. The highest BCUT2D eigenvalue weighted by Crippen LogP contribution is 2.27. The third-order valence-corrected chi connectivity index (χ3v) is 9.74. The van der Waals surface area contributed by atoms with Crippen molar-refractivity contribution >= 4 is 27.5 Å². The van der Waals surface area contributed by atoms with Crippen LogP contribution in [0.4, 0.5) is 5.69 Å². The topological polar surface area (TPSA) is 86.8 Å². The molecule has 0 unspecified atom stereocenters. The van der Waals surface area contributed by atoms with Crippen LogP contribution in [0.5, 0.6) is 0 Å². The molecular formula is C33H41N3O4S. The van der Waals surface area contributed by atoms with Crippen molar-refractivity contribution in [3.05, 3.63) is 95.1 Å². The fraction of sp³-hybridized carbons (Fsp3) is 0.394. The summed E-state index contributed by atoms with van der Waals surface area (Å²) in [6.45, 7) is 7.41. The second-order valence-electron chi connectivity index (χ2n) is 11.0. The van der Waals surface area contributed by atoms with E-state index >= 15 is 0 Å². The van der Waals surface area contributed by atoms with Gasteiger partial charge in [-0.15, -0.1) is 0 Å². The molecule has 0 aliphatic heterocycles. The Hall–Kier alpha value is -3.65. The molecule has 3 aromatic rings. The lowest BCUT2D eigenvalue weighted by Gasteiger charge is -2.34. The quantitative estimate of drug-likeness (QED) is 0.319. The Labute approximate surface area is 244 Å². The second kappa shape index (κ2) is 13.3. The number of hydrogen-bond donors (Lipinski definition) is 1. The van der Waals surface area contributed by atoms with Gasteiger partial charge in [-0.2, -0.15) is 0 Å². The van der Waals surface area contributed by atoms with Gasteiger partial charge in [0.2, 0.25) is 11.8 Å². The maximum Gasteiger partial charge on any atom is 0.264 e. The first-order valence-corrected chi connectivity index (χ1v) is 15.8. The zero-order valence-corrected chi connectivity index (χ0v) is 25.3. The fourth-order valence-corrected chi connectivity index (χ4v) is 6.72. The molecular weight excluding hydrogens is 534 g/mol. The van der Waals surface area contributed by atoms with Crippen LogP contribution in [0.2, 0.25) is 0 Å². The average Bonchev–Trinajstić information content (AvgIpc) is 3.47. The van der Waals surface area contributed by atoms with Crippen molar-refractivity contribution in [2.45, 2.75) is 83.3 Å². The molecule has 1 aliphatic carbocycles. The number of carbonyl (C=O) groups excluding carboxylic acids is 2. The molecule has 1 fully saturated rings. The standard InChI is InChI=1S/C33H41N3O4S/c1-5-31(33(38)34-28-13-9-10-14-28)35(22-27-11-7-6-8-12-27)32(37)23-36(29-18-17-25(3)26(4)21-29)41(39,40)30-19-15-24(2)16-20-30/h6-8,11-12,15-21,28,31H,5,9-10,13-14,22-23H2,1-4H3,(H,34,38)/t31-/m1/s1. The predicted molar refractivity (Wildman–Crippen MR) is 163 cm³/mol. The number of amides is 2. The lowest BCUT2D eigenvalue weighted by atomic mass is 10.1. The van der Waals surface area contributed by atoms with Crippen molar-refractivity contribution in [2.24, 2.45) is 0 Å². The molecule has 4 rings (SSSR count). The Morgan fingerprint density at radius 2 is 1.56 bits per heavy atom. The summed E-state index contributed by atoms with van der Waals surface area (Å²) in [5.74, 6) is -0.626. The molecule has 8 heteroatoms. The maximum atomic E-state index is 14.2. The molecule has 1 saturated carbocycles. The van der Waals surface area contributed by atoms with Crippen molar-refractivity contribution in [1.29, 1.82) is 0 Å². The number of sulfonamides is 1. The van der Waals surface area contributed by atoms with E-state index in [0.717, 1.165) is 47.9 Å². The van der Waals surface area contributed by atoms with Gasteiger partial charge in [0.15, 0.2) is 0 Å². The smallest absolute Gasteiger partial charge is 0.264 e. The average molecular weight is 576 g/mol. The molecule has 0 saturated heterocycles. The summed E-state index contributed by atoms with van der Waals surface area (Å²) in [5.41, 5.74) is 4.15. The maximum absolute atomic E-state index is 14.2. The van der Waals surface area contributed by atoms with E-state index in [1.54, 1.807) is 41.3 Å². The van der Waals surface area contributed by atoms with Gasteiger partial charge in [0, 0.05) is 12.6 Å². The van der Waals surface area contributed by atoms with E-state index in [-0.39, 0.29) is 23.4 Å². The highest BCUT2D eigenvalue weighted by atomic mass is 32.2. The zero-order chi connectivity index (χ0) is 29.6. The van der Waals surface area contributed by atoms with Crippen LogP contribution < -0.4 is 9.62 Å². The zero-order valence-electron chi connectivity index (χ0n) is 24.5. The van der Waals surface area contributed by atoms with Crippen molar-refractivity contribution in [3.63, 3.8) is 0 Å². The van der Waals surface area contributed by atoms with Gasteiger partial charge in [0.1, 0.15) is 12.6 Å². The first-order valence-electron chi connectivity index (χ1n) is 14.4. The third-order valence-electron chi connectivity index (χ3n) is 7.95. The summed E-state index contributed by atoms with van der Waals surface area (Å²) < 4.78 is 29.2. The van der Waals surface area contributed by atoms with E-state index in [1.165, 1.54) is 4.31 Å². The molecule has 0 aromatic heterocycles. The summed E-state index contributed by atoms with van der Waals surface area (Å²) in [6.07, 6.45) is 4.44. The highest BCUT2D eigenvalue weighted by molar-refractivity contribution is 7.92. The summed E-state index contributed by atoms with van der Waals surface area (Å²) in [5, 5.41) is 3.15. The molecule has 41 heavy (non-hydrogen) atoms. The van der Waals surface area contributed by atoms with Crippen LogP contribution in [-0.4, -0.2) is 43.8 Å². The van der Waals surface area contributed by atoms with Gasteiger partial charge in [-0.3, -0.25) is 13.9 Å². The second-order valence-corrected chi connectivity index (χ2v) is 12.9. The number of benzene rings is 3. The van der Waals surface area contributed by atoms with Crippen molar-refractivity contribution < 1.29 is 18.0 Å². The molecule has 0 bridgehead atoms. The fourth-order valence-electron chi connectivity index (χ4n) is 5.31. The van der Waals surface area contributed by atoms with Gasteiger partial charge >= 0.3 is 0 Å². The molecule has 0 heterocycles. The third kappa shape index (κ3) is 7.36. The van der Waals surface area contributed by atoms with Gasteiger partial charge in [-0.25, -0.2) is 8.42 Å². The van der Waals surface area contributed by atoms with Crippen LogP contribution in [-0.2, 0) is 26.2 Å². The minimum absolute atomic E-state index is 0.106. The van der Waals surface area contributed by atoms with Crippen LogP contribution >= 0.6 is 0 Å². The van der Waals surface area contributed by atoms with Gasteiger partial charge in [0.05, 0.1) is 10.6 Å². The monoisotopic (exact) mass is 575 g/mol. The van der Waals surface area contributed by atoms with E-state index in [9.17, 15) is 18.0 Å². The number of hydrogen-bond acceptors (Lipinski definition) is 4. The first-order chi connectivity index (χ1) is 19.6. The number of anilines is 1. The summed E-state index contributed by atoms with van der Waals surface area (Å²) >= 11 is 0. The Morgan fingerprint density at radius 1 is 0.902 bits per heavy atom. The van der Waals surface area contributed by atoms with Gasteiger partial charge < -0.3 is 10.2 Å². The Kier molecular flexibility index (Phi) is 9.86. The van der Waals surface area contributed by atoms with Crippen molar-refractivity contribution in [3.8, 4) is 0 Å². The SMILES string of the molecule is CC[C@H](C(=O)NC1CCCC1)N(Cc1ccccc1)C(=O)CN(c1ccc(C)c(C)c1)S(=O)(=O)c1ccc(C)cc1. The molecule has 218 valence electrons. The van der Waals surface area contributed by atoms with Gasteiger partial charge in [-0.05, 0) is 81.0 Å².